The molecule has 2 fully saturated rings. The fourth-order valence-electron chi connectivity index (χ4n) is 3.41. The highest BCUT2D eigenvalue weighted by Gasteiger charge is 2.29. The summed E-state index contributed by atoms with van der Waals surface area (Å²) < 4.78 is 0. The van der Waals surface area contributed by atoms with Crippen LogP contribution in [0.5, 0.6) is 0 Å². The van der Waals surface area contributed by atoms with Crippen LogP contribution in [0.15, 0.2) is 24.3 Å². The summed E-state index contributed by atoms with van der Waals surface area (Å²) >= 11 is 0. The highest BCUT2D eigenvalue weighted by molar-refractivity contribution is 5.74. The maximum Gasteiger partial charge on any atom is 0.315 e. The third-order valence-corrected chi connectivity index (χ3v) is 5.27. The van der Waals surface area contributed by atoms with E-state index in [0.717, 1.165) is 32.5 Å². The van der Waals surface area contributed by atoms with Crippen LogP contribution in [0, 0.1) is 12.8 Å². The van der Waals surface area contributed by atoms with Gasteiger partial charge in [0, 0.05) is 31.7 Å². The summed E-state index contributed by atoms with van der Waals surface area (Å²) in [6.07, 6.45) is 4.60. The van der Waals surface area contributed by atoms with Crippen molar-refractivity contribution in [2.45, 2.75) is 58.2 Å². The molecule has 0 bridgehead atoms. The molecule has 126 valence electrons. The number of likely N-dealkylation sites (tertiary alicyclic amines) is 1. The van der Waals surface area contributed by atoms with Gasteiger partial charge in [-0.3, -0.25) is 4.90 Å². The normalized spacial score (nSPS) is 21.0. The molecule has 1 atom stereocenters. The standard InChI is InChI=1S/C19H29N3O/c1-14-5-3-4-6-17(14)13-22-11-9-18(10-12-22)21-19(23)20-15(2)16-7-8-16/h3-6,15-16,18H,7-13H2,1-2H3,(H2,20,21,23). The van der Waals surface area contributed by atoms with E-state index < -0.39 is 0 Å². The lowest BCUT2D eigenvalue weighted by Crippen LogP contribution is -2.49. The molecule has 2 aliphatic rings. The van der Waals surface area contributed by atoms with E-state index in [1.54, 1.807) is 0 Å². The first kappa shape index (κ1) is 16.3. The average molecular weight is 315 g/mol. The van der Waals surface area contributed by atoms with Gasteiger partial charge in [-0.2, -0.15) is 0 Å². The van der Waals surface area contributed by atoms with Gasteiger partial charge in [-0.1, -0.05) is 24.3 Å². The maximum absolute atomic E-state index is 12.0. The number of piperidine rings is 1. The molecular formula is C19H29N3O. The Kier molecular flexibility index (Phi) is 5.21. The quantitative estimate of drug-likeness (QED) is 0.877. The van der Waals surface area contributed by atoms with Gasteiger partial charge in [0.25, 0.3) is 0 Å². The third-order valence-electron chi connectivity index (χ3n) is 5.27. The van der Waals surface area contributed by atoms with Crippen LogP contribution in [0.25, 0.3) is 0 Å². The molecule has 1 aromatic carbocycles. The molecule has 3 rings (SSSR count). The molecule has 0 radical (unpaired) electrons. The van der Waals surface area contributed by atoms with Crippen LogP contribution >= 0.6 is 0 Å². The SMILES string of the molecule is Cc1ccccc1CN1CCC(NC(=O)NC(C)C2CC2)CC1. The number of aryl methyl sites for hydroxylation is 1. The van der Waals surface area contributed by atoms with Crippen molar-refractivity contribution in [2.24, 2.45) is 5.92 Å². The van der Waals surface area contributed by atoms with E-state index in [-0.39, 0.29) is 6.03 Å². The lowest BCUT2D eigenvalue weighted by Gasteiger charge is -2.33. The lowest BCUT2D eigenvalue weighted by molar-refractivity contribution is 0.185. The van der Waals surface area contributed by atoms with Gasteiger partial charge in [-0.15, -0.1) is 0 Å². The number of nitrogens with one attached hydrogen (secondary N) is 2. The van der Waals surface area contributed by atoms with E-state index in [1.807, 2.05) is 0 Å². The lowest BCUT2D eigenvalue weighted by atomic mass is 10.0. The predicted octanol–water partition coefficient (Wildman–Crippen LogP) is 3.06. The predicted molar refractivity (Wildman–Crippen MR) is 93.3 cm³/mol. The van der Waals surface area contributed by atoms with Crippen molar-refractivity contribution in [1.29, 1.82) is 0 Å². The molecule has 4 heteroatoms. The van der Waals surface area contributed by atoms with Gasteiger partial charge >= 0.3 is 6.03 Å². The molecule has 4 nitrogen and oxygen atoms in total. The molecular weight excluding hydrogens is 286 g/mol. The zero-order valence-electron chi connectivity index (χ0n) is 14.3. The van der Waals surface area contributed by atoms with Crippen molar-refractivity contribution in [1.82, 2.24) is 15.5 Å². The second kappa shape index (κ2) is 7.35. The molecule has 1 saturated heterocycles. The summed E-state index contributed by atoms with van der Waals surface area (Å²) in [6.45, 7) is 7.41. The summed E-state index contributed by atoms with van der Waals surface area (Å²) in [5.74, 6) is 0.705. The number of urea groups is 1. The Bertz CT molecular complexity index is 533. The van der Waals surface area contributed by atoms with Gasteiger partial charge in [0.1, 0.15) is 0 Å². The number of nitrogens with zero attached hydrogens (tertiary/aromatic N) is 1. The summed E-state index contributed by atoms with van der Waals surface area (Å²) in [7, 11) is 0. The van der Waals surface area contributed by atoms with Crippen molar-refractivity contribution in [2.75, 3.05) is 13.1 Å². The number of amides is 2. The minimum absolute atomic E-state index is 0.0155. The minimum atomic E-state index is 0.0155. The minimum Gasteiger partial charge on any atom is -0.335 e. The number of hydrogen-bond donors (Lipinski definition) is 2. The molecule has 2 N–H and O–H groups in total. The van der Waals surface area contributed by atoms with Gasteiger partial charge in [-0.25, -0.2) is 4.79 Å². The Morgan fingerprint density at radius 3 is 2.57 bits per heavy atom. The molecule has 2 amide bonds. The van der Waals surface area contributed by atoms with E-state index >= 15 is 0 Å². The molecule has 0 aromatic heterocycles. The summed E-state index contributed by atoms with van der Waals surface area (Å²) in [4.78, 5) is 14.5. The molecule has 1 aromatic rings. The fraction of sp³-hybridized carbons (Fsp3) is 0.632. The number of hydrogen-bond acceptors (Lipinski definition) is 2. The molecule has 1 aliphatic carbocycles. The van der Waals surface area contributed by atoms with Crippen molar-refractivity contribution in [3.8, 4) is 0 Å². The average Bonchev–Trinajstić information content (AvgIpc) is 3.36. The van der Waals surface area contributed by atoms with Crippen LogP contribution in [0.3, 0.4) is 0 Å². The molecule has 23 heavy (non-hydrogen) atoms. The van der Waals surface area contributed by atoms with Crippen molar-refractivity contribution < 1.29 is 4.79 Å². The fourth-order valence-corrected chi connectivity index (χ4v) is 3.41. The van der Waals surface area contributed by atoms with Crippen LogP contribution in [-0.2, 0) is 6.54 Å². The monoisotopic (exact) mass is 315 g/mol. The van der Waals surface area contributed by atoms with E-state index in [1.165, 1.54) is 24.0 Å². The molecule has 1 saturated carbocycles. The van der Waals surface area contributed by atoms with E-state index in [9.17, 15) is 4.79 Å². The highest BCUT2D eigenvalue weighted by atomic mass is 16.2. The largest absolute Gasteiger partial charge is 0.335 e. The topological polar surface area (TPSA) is 44.4 Å². The zero-order chi connectivity index (χ0) is 16.2. The van der Waals surface area contributed by atoms with Crippen molar-refractivity contribution >= 4 is 6.03 Å². The maximum atomic E-state index is 12.0. The summed E-state index contributed by atoms with van der Waals surface area (Å²) in [6, 6.07) is 9.24. The van der Waals surface area contributed by atoms with E-state index in [2.05, 4.69) is 53.6 Å². The van der Waals surface area contributed by atoms with Crippen LogP contribution in [0.1, 0.15) is 43.7 Å². The van der Waals surface area contributed by atoms with Gasteiger partial charge in [0.2, 0.25) is 0 Å². The number of carbonyl (C=O) groups is 1. The Balaban J connectivity index is 1.39. The highest BCUT2D eigenvalue weighted by Crippen LogP contribution is 2.32. The second-order valence-corrected chi connectivity index (χ2v) is 7.22. The number of rotatable bonds is 5. The summed E-state index contributed by atoms with van der Waals surface area (Å²) in [5, 5.41) is 6.24. The third kappa shape index (κ3) is 4.71. The zero-order valence-corrected chi connectivity index (χ0v) is 14.3. The van der Waals surface area contributed by atoms with Crippen LogP contribution in [0.2, 0.25) is 0 Å². The number of carbonyl (C=O) groups excluding carboxylic acids is 1. The van der Waals surface area contributed by atoms with E-state index in [4.69, 9.17) is 0 Å². The Morgan fingerprint density at radius 2 is 1.91 bits per heavy atom. The Morgan fingerprint density at radius 1 is 1.22 bits per heavy atom. The van der Waals surface area contributed by atoms with Crippen molar-refractivity contribution in [3.63, 3.8) is 0 Å². The summed E-state index contributed by atoms with van der Waals surface area (Å²) in [5.41, 5.74) is 2.77. The van der Waals surface area contributed by atoms with Crippen LogP contribution < -0.4 is 10.6 Å². The van der Waals surface area contributed by atoms with Crippen LogP contribution in [0.4, 0.5) is 4.79 Å². The molecule has 1 heterocycles. The van der Waals surface area contributed by atoms with Gasteiger partial charge in [0.15, 0.2) is 0 Å². The first-order valence-corrected chi connectivity index (χ1v) is 8.95. The molecule has 1 unspecified atom stereocenters. The smallest absolute Gasteiger partial charge is 0.315 e. The van der Waals surface area contributed by atoms with E-state index in [0.29, 0.717) is 18.0 Å². The van der Waals surface area contributed by atoms with Gasteiger partial charge < -0.3 is 10.6 Å². The first-order valence-electron chi connectivity index (χ1n) is 8.95. The molecule has 1 aliphatic heterocycles. The Hall–Kier alpha value is -1.55. The van der Waals surface area contributed by atoms with Gasteiger partial charge in [0.05, 0.1) is 0 Å². The van der Waals surface area contributed by atoms with Gasteiger partial charge in [-0.05, 0) is 56.6 Å². The number of benzene rings is 1. The second-order valence-electron chi connectivity index (χ2n) is 7.22. The molecule has 0 spiro atoms. The van der Waals surface area contributed by atoms with Crippen LogP contribution in [-0.4, -0.2) is 36.1 Å². The Labute approximate surface area is 139 Å². The van der Waals surface area contributed by atoms with Crippen molar-refractivity contribution in [3.05, 3.63) is 35.4 Å². The first-order chi connectivity index (χ1) is 11.1.